The van der Waals surface area contributed by atoms with Gasteiger partial charge in [-0.1, -0.05) is 0 Å². The molecular weight excluding hydrogens is 334 g/mol. The summed E-state index contributed by atoms with van der Waals surface area (Å²) in [4.78, 5) is 11.1. The zero-order valence-electron chi connectivity index (χ0n) is 14.6. The zero-order valence-corrected chi connectivity index (χ0v) is 14.6. The summed E-state index contributed by atoms with van der Waals surface area (Å²) < 4.78 is 16.3. The summed E-state index contributed by atoms with van der Waals surface area (Å²) in [6.45, 7) is 4.05. The lowest BCUT2D eigenvalue weighted by atomic mass is 10.1. The minimum Gasteiger partial charge on any atom is -0.475 e. The highest BCUT2D eigenvalue weighted by molar-refractivity contribution is 5.96. The molecule has 0 spiro atoms. The van der Waals surface area contributed by atoms with E-state index in [2.05, 4.69) is 25.1 Å². The van der Waals surface area contributed by atoms with Crippen LogP contribution >= 0.6 is 0 Å². The van der Waals surface area contributed by atoms with E-state index in [9.17, 15) is 0 Å². The molecule has 1 aliphatic rings. The summed E-state index contributed by atoms with van der Waals surface area (Å²) in [5.41, 5.74) is 2.65. The Morgan fingerprint density at radius 1 is 1.15 bits per heavy atom. The molecule has 1 N–H and O–H groups in total. The van der Waals surface area contributed by atoms with Crippen LogP contribution in [0.5, 0.6) is 5.88 Å². The van der Waals surface area contributed by atoms with E-state index in [1.54, 1.807) is 13.3 Å². The minimum atomic E-state index is 0.433. The van der Waals surface area contributed by atoms with Crippen molar-refractivity contribution in [3.05, 3.63) is 30.6 Å². The molecule has 0 saturated carbocycles. The summed E-state index contributed by atoms with van der Waals surface area (Å²) in [5, 5.41) is 8.42. The van der Waals surface area contributed by atoms with E-state index < -0.39 is 0 Å². The van der Waals surface area contributed by atoms with E-state index in [0.717, 1.165) is 54.3 Å². The fraction of sp³-hybridized carbons (Fsp3) is 0.389. The lowest BCUT2D eigenvalue weighted by Crippen LogP contribution is -2.36. The Balaban J connectivity index is 1.70. The normalized spacial score (nSPS) is 14.7. The zero-order chi connectivity index (χ0) is 17.8. The van der Waals surface area contributed by atoms with Crippen molar-refractivity contribution in [1.29, 1.82) is 0 Å². The molecule has 8 nitrogen and oxygen atoms in total. The van der Waals surface area contributed by atoms with Gasteiger partial charge in [-0.25, -0.2) is 9.97 Å². The highest BCUT2D eigenvalue weighted by Crippen LogP contribution is 2.33. The molecular formula is C18H21N5O3. The highest BCUT2D eigenvalue weighted by atomic mass is 16.5. The molecule has 1 fully saturated rings. The van der Waals surface area contributed by atoms with E-state index in [-0.39, 0.29) is 0 Å². The maximum Gasteiger partial charge on any atom is 0.225 e. The summed E-state index contributed by atoms with van der Waals surface area (Å²) in [5.74, 6) is 1.47. The quantitative estimate of drug-likeness (QED) is 0.676. The summed E-state index contributed by atoms with van der Waals surface area (Å²) in [7, 11) is 1.64. The van der Waals surface area contributed by atoms with E-state index in [1.807, 2.05) is 24.4 Å². The Kier molecular flexibility index (Phi) is 4.94. The van der Waals surface area contributed by atoms with Gasteiger partial charge in [0, 0.05) is 38.2 Å². The van der Waals surface area contributed by atoms with Gasteiger partial charge in [-0.3, -0.25) is 5.10 Å². The lowest BCUT2D eigenvalue weighted by Gasteiger charge is -2.27. The summed E-state index contributed by atoms with van der Waals surface area (Å²) in [6, 6.07) is 5.89. The molecule has 3 aromatic heterocycles. The van der Waals surface area contributed by atoms with Crippen LogP contribution in [0.3, 0.4) is 0 Å². The third-order valence-electron chi connectivity index (χ3n) is 4.32. The van der Waals surface area contributed by atoms with Crippen LogP contribution in [0.2, 0.25) is 0 Å². The molecule has 3 aromatic rings. The third kappa shape index (κ3) is 3.33. The number of H-pyrrole nitrogens is 1. The monoisotopic (exact) mass is 355 g/mol. The number of rotatable bonds is 6. The molecule has 4 rings (SSSR count). The van der Waals surface area contributed by atoms with Crippen molar-refractivity contribution in [3.63, 3.8) is 0 Å². The second kappa shape index (κ2) is 7.67. The average Bonchev–Trinajstić information content (AvgIpc) is 3.14. The number of anilines is 1. The first kappa shape index (κ1) is 16.7. The van der Waals surface area contributed by atoms with E-state index in [4.69, 9.17) is 14.2 Å². The number of nitrogens with one attached hydrogen (secondary N) is 1. The molecule has 136 valence electrons. The number of aromatic amines is 1. The predicted octanol–water partition coefficient (Wildman–Crippen LogP) is 1.88. The van der Waals surface area contributed by atoms with Crippen molar-refractivity contribution in [2.24, 2.45) is 0 Å². The van der Waals surface area contributed by atoms with Crippen LogP contribution < -0.4 is 9.64 Å². The van der Waals surface area contributed by atoms with Gasteiger partial charge in [0.15, 0.2) is 0 Å². The number of aromatic nitrogens is 4. The molecule has 0 amide bonds. The van der Waals surface area contributed by atoms with Crippen molar-refractivity contribution in [3.8, 4) is 17.1 Å². The van der Waals surface area contributed by atoms with Gasteiger partial charge in [-0.05, 0) is 18.2 Å². The maximum atomic E-state index is 5.79. The molecule has 0 unspecified atom stereocenters. The van der Waals surface area contributed by atoms with Crippen LogP contribution in [-0.4, -0.2) is 66.8 Å². The highest BCUT2D eigenvalue weighted by Gasteiger charge is 2.17. The summed E-state index contributed by atoms with van der Waals surface area (Å²) in [6.07, 6.45) is 3.51. The molecule has 4 heterocycles. The van der Waals surface area contributed by atoms with Gasteiger partial charge in [0.2, 0.25) is 5.88 Å². The van der Waals surface area contributed by atoms with Crippen LogP contribution in [-0.2, 0) is 9.47 Å². The number of morpholine rings is 1. The van der Waals surface area contributed by atoms with Crippen molar-refractivity contribution in [2.75, 3.05) is 51.5 Å². The number of pyridine rings is 2. The van der Waals surface area contributed by atoms with Crippen LogP contribution in [0.1, 0.15) is 0 Å². The first-order valence-corrected chi connectivity index (χ1v) is 8.61. The Hall–Kier alpha value is -2.71. The van der Waals surface area contributed by atoms with E-state index >= 15 is 0 Å². The summed E-state index contributed by atoms with van der Waals surface area (Å²) >= 11 is 0. The van der Waals surface area contributed by atoms with Crippen LogP contribution in [0, 0.1) is 0 Å². The Morgan fingerprint density at radius 3 is 2.85 bits per heavy atom. The SMILES string of the molecule is COCCOc1nccc2[nH]nc(-c3ccnc(N4CCOCC4)c3)c12. The molecule has 0 bridgehead atoms. The molecule has 8 heteroatoms. The smallest absolute Gasteiger partial charge is 0.225 e. The van der Waals surface area contributed by atoms with Crippen LogP contribution in [0.15, 0.2) is 30.6 Å². The standard InChI is InChI=1S/C18H21N5O3/c1-24-10-11-26-18-16-14(3-5-20-18)21-22-17(16)13-2-4-19-15(12-13)23-6-8-25-9-7-23/h2-5,12H,6-11H2,1H3,(H,21,22). The van der Waals surface area contributed by atoms with E-state index in [0.29, 0.717) is 19.1 Å². The number of hydrogen-bond donors (Lipinski definition) is 1. The molecule has 1 saturated heterocycles. The number of methoxy groups -OCH3 is 1. The number of ether oxygens (including phenoxy) is 3. The number of nitrogens with zero attached hydrogens (tertiary/aromatic N) is 4. The van der Waals surface area contributed by atoms with Crippen LogP contribution in [0.25, 0.3) is 22.2 Å². The van der Waals surface area contributed by atoms with E-state index in [1.165, 1.54) is 0 Å². The Morgan fingerprint density at radius 2 is 2.00 bits per heavy atom. The first-order valence-electron chi connectivity index (χ1n) is 8.61. The van der Waals surface area contributed by atoms with Gasteiger partial charge in [0.25, 0.3) is 0 Å². The molecule has 0 atom stereocenters. The minimum absolute atomic E-state index is 0.433. The van der Waals surface area contributed by atoms with Crippen molar-refractivity contribution >= 4 is 16.7 Å². The molecule has 1 aliphatic heterocycles. The van der Waals surface area contributed by atoms with Crippen molar-refractivity contribution < 1.29 is 14.2 Å². The second-order valence-corrected chi connectivity index (χ2v) is 5.95. The fourth-order valence-corrected chi connectivity index (χ4v) is 3.01. The predicted molar refractivity (Wildman–Crippen MR) is 97.5 cm³/mol. The maximum absolute atomic E-state index is 5.79. The van der Waals surface area contributed by atoms with Gasteiger partial charge in [0.1, 0.15) is 18.1 Å². The van der Waals surface area contributed by atoms with Gasteiger partial charge >= 0.3 is 0 Å². The van der Waals surface area contributed by atoms with Crippen molar-refractivity contribution in [1.82, 2.24) is 20.2 Å². The fourth-order valence-electron chi connectivity index (χ4n) is 3.01. The average molecular weight is 355 g/mol. The molecule has 0 aromatic carbocycles. The Labute approximate surface area is 151 Å². The molecule has 0 aliphatic carbocycles. The lowest BCUT2D eigenvalue weighted by molar-refractivity contribution is 0.122. The largest absolute Gasteiger partial charge is 0.475 e. The van der Waals surface area contributed by atoms with Gasteiger partial charge in [-0.15, -0.1) is 0 Å². The van der Waals surface area contributed by atoms with Crippen LogP contribution in [0.4, 0.5) is 5.82 Å². The Bertz CT molecular complexity index is 876. The second-order valence-electron chi connectivity index (χ2n) is 5.95. The molecule has 26 heavy (non-hydrogen) atoms. The third-order valence-corrected chi connectivity index (χ3v) is 4.32. The van der Waals surface area contributed by atoms with Gasteiger partial charge in [0.05, 0.1) is 30.7 Å². The van der Waals surface area contributed by atoms with Gasteiger partial charge in [-0.2, -0.15) is 5.10 Å². The first-order chi connectivity index (χ1) is 12.9. The number of fused-ring (bicyclic) bond motifs is 1. The number of hydrogen-bond acceptors (Lipinski definition) is 7. The topological polar surface area (TPSA) is 85.4 Å². The van der Waals surface area contributed by atoms with Gasteiger partial charge < -0.3 is 19.1 Å². The van der Waals surface area contributed by atoms with Crippen molar-refractivity contribution in [2.45, 2.75) is 0 Å². The molecule has 0 radical (unpaired) electrons.